The van der Waals surface area contributed by atoms with Gasteiger partial charge in [0, 0.05) is 5.69 Å². The molecular formula is C12H19NO2S. The average Bonchev–Trinajstić information content (AvgIpc) is 1.96. The minimum atomic E-state index is -3.19. The highest BCUT2D eigenvalue weighted by Gasteiger charge is 2.11. The lowest BCUT2D eigenvalue weighted by Crippen LogP contribution is -2.11. The van der Waals surface area contributed by atoms with Crippen molar-refractivity contribution in [2.75, 3.05) is 11.0 Å². The minimum absolute atomic E-state index is 0.198. The summed E-state index contributed by atoms with van der Waals surface area (Å²) in [6, 6.07) is 7.52. The molecule has 0 aliphatic rings. The summed E-state index contributed by atoms with van der Waals surface area (Å²) in [5, 5.41) is 0. The maximum absolute atomic E-state index is 11.1. The summed E-state index contributed by atoms with van der Waals surface area (Å²) in [6.07, 6.45) is 2.08. The van der Waals surface area contributed by atoms with Crippen LogP contribution in [-0.2, 0) is 16.4 Å². The Morgan fingerprint density at radius 1 is 1.25 bits per heavy atom. The quantitative estimate of drug-likeness (QED) is 0.884. The van der Waals surface area contributed by atoms with Gasteiger partial charge in [-0.3, -0.25) is 4.72 Å². The van der Waals surface area contributed by atoms with Crippen LogP contribution in [-0.4, -0.2) is 14.7 Å². The van der Waals surface area contributed by atoms with Crippen molar-refractivity contribution in [2.45, 2.75) is 27.2 Å². The lowest BCUT2D eigenvalue weighted by molar-refractivity contribution is 0.411. The molecule has 0 unspecified atom stereocenters. The lowest BCUT2D eigenvalue weighted by atomic mass is 9.88. The van der Waals surface area contributed by atoms with Crippen LogP contribution in [0.4, 0.5) is 5.69 Å². The van der Waals surface area contributed by atoms with Gasteiger partial charge in [-0.25, -0.2) is 8.42 Å². The van der Waals surface area contributed by atoms with E-state index in [4.69, 9.17) is 0 Å². The van der Waals surface area contributed by atoms with Crippen LogP contribution in [0, 0.1) is 5.41 Å². The highest BCUT2D eigenvalue weighted by atomic mass is 32.2. The molecule has 0 bridgehead atoms. The van der Waals surface area contributed by atoms with Gasteiger partial charge in [-0.1, -0.05) is 32.9 Å². The van der Waals surface area contributed by atoms with Crippen molar-refractivity contribution in [3.05, 3.63) is 29.8 Å². The monoisotopic (exact) mass is 241 g/mol. The Kier molecular flexibility index (Phi) is 3.63. The van der Waals surface area contributed by atoms with E-state index < -0.39 is 10.0 Å². The van der Waals surface area contributed by atoms with E-state index in [0.29, 0.717) is 5.69 Å². The van der Waals surface area contributed by atoms with Gasteiger partial charge in [-0.2, -0.15) is 0 Å². The molecule has 0 aliphatic heterocycles. The maximum atomic E-state index is 11.1. The summed E-state index contributed by atoms with van der Waals surface area (Å²) in [7, 11) is -3.19. The Morgan fingerprint density at radius 3 is 2.38 bits per heavy atom. The molecule has 0 aliphatic carbocycles. The molecule has 0 radical (unpaired) electrons. The average molecular weight is 241 g/mol. The molecule has 0 saturated heterocycles. The second kappa shape index (κ2) is 4.45. The van der Waals surface area contributed by atoms with Crippen molar-refractivity contribution in [2.24, 2.45) is 5.41 Å². The first-order chi connectivity index (χ1) is 7.16. The molecule has 90 valence electrons. The van der Waals surface area contributed by atoms with Gasteiger partial charge in [0.25, 0.3) is 0 Å². The first kappa shape index (κ1) is 13.0. The van der Waals surface area contributed by atoms with Crippen LogP contribution in [0.15, 0.2) is 24.3 Å². The van der Waals surface area contributed by atoms with Crippen LogP contribution in [0.1, 0.15) is 26.3 Å². The van der Waals surface area contributed by atoms with Crippen LogP contribution >= 0.6 is 0 Å². The summed E-state index contributed by atoms with van der Waals surface area (Å²) < 4.78 is 24.7. The van der Waals surface area contributed by atoms with Gasteiger partial charge in [0.2, 0.25) is 10.0 Å². The van der Waals surface area contributed by atoms with Crippen LogP contribution in [0.2, 0.25) is 0 Å². The fraction of sp³-hybridized carbons (Fsp3) is 0.500. The largest absolute Gasteiger partial charge is 0.284 e. The smallest absolute Gasteiger partial charge is 0.229 e. The van der Waals surface area contributed by atoms with Crippen molar-refractivity contribution in [1.29, 1.82) is 0 Å². The Hall–Kier alpha value is -1.03. The summed E-state index contributed by atoms with van der Waals surface area (Å²) >= 11 is 0. The van der Waals surface area contributed by atoms with Crippen LogP contribution in [0.5, 0.6) is 0 Å². The molecule has 1 aromatic rings. The van der Waals surface area contributed by atoms with E-state index in [1.54, 1.807) is 6.07 Å². The van der Waals surface area contributed by atoms with Gasteiger partial charge in [0.05, 0.1) is 6.26 Å². The fourth-order valence-electron chi connectivity index (χ4n) is 1.57. The third-order valence-corrected chi connectivity index (χ3v) is 2.57. The van der Waals surface area contributed by atoms with Crippen molar-refractivity contribution >= 4 is 15.7 Å². The molecule has 0 aromatic heterocycles. The van der Waals surface area contributed by atoms with E-state index in [2.05, 4.69) is 25.5 Å². The van der Waals surface area contributed by atoms with Crippen LogP contribution in [0.3, 0.4) is 0 Å². The van der Waals surface area contributed by atoms with E-state index in [0.717, 1.165) is 18.2 Å². The molecule has 16 heavy (non-hydrogen) atoms. The Morgan fingerprint density at radius 2 is 1.88 bits per heavy atom. The zero-order valence-electron chi connectivity index (χ0n) is 10.2. The van der Waals surface area contributed by atoms with Gasteiger partial charge in [0.1, 0.15) is 0 Å². The van der Waals surface area contributed by atoms with E-state index in [1.165, 1.54) is 0 Å². The van der Waals surface area contributed by atoms with Crippen molar-refractivity contribution in [3.8, 4) is 0 Å². The van der Waals surface area contributed by atoms with Crippen molar-refractivity contribution in [1.82, 2.24) is 0 Å². The number of rotatable bonds is 3. The number of hydrogen-bond acceptors (Lipinski definition) is 2. The van der Waals surface area contributed by atoms with Crippen molar-refractivity contribution < 1.29 is 8.42 Å². The van der Waals surface area contributed by atoms with Crippen LogP contribution < -0.4 is 4.72 Å². The van der Waals surface area contributed by atoms with Gasteiger partial charge in [0.15, 0.2) is 0 Å². The predicted molar refractivity (Wildman–Crippen MR) is 68.1 cm³/mol. The molecule has 0 fully saturated rings. The van der Waals surface area contributed by atoms with Gasteiger partial charge < -0.3 is 0 Å². The second-order valence-corrected chi connectivity index (χ2v) is 7.06. The zero-order valence-corrected chi connectivity index (χ0v) is 11.1. The summed E-state index contributed by atoms with van der Waals surface area (Å²) in [6.45, 7) is 6.47. The maximum Gasteiger partial charge on any atom is 0.229 e. The Balaban J connectivity index is 2.88. The standard InChI is InChI=1S/C12H19NO2S/c1-12(2,3)9-10-6-5-7-11(8-10)13-16(4,14)15/h5-8,13H,9H2,1-4H3. The highest BCUT2D eigenvalue weighted by Crippen LogP contribution is 2.22. The molecule has 1 N–H and O–H groups in total. The Labute approximate surface area is 97.9 Å². The fourth-order valence-corrected chi connectivity index (χ4v) is 2.13. The van der Waals surface area contributed by atoms with E-state index in [9.17, 15) is 8.42 Å². The molecule has 3 nitrogen and oxygen atoms in total. The first-order valence-corrected chi connectivity index (χ1v) is 7.12. The van der Waals surface area contributed by atoms with Crippen molar-refractivity contribution in [3.63, 3.8) is 0 Å². The minimum Gasteiger partial charge on any atom is -0.284 e. The third-order valence-electron chi connectivity index (χ3n) is 1.96. The number of nitrogens with one attached hydrogen (secondary N) is 1. The molecule has 0 saturated carbocycles. The topological polar surface area (TPSA) is 46.2 Å². The van der Waals surface area contributed by atoms with Crippen LogP contribution in [0.25, 0.3) is 0 Å². The van der Waals surface area contributed by atoms with Gasteiger partial charge in [-0.05, 0) is 29.5 Å². The van der Waals surface area contributed by atoms with E-state index in [1.807, 2.05) is 18.2 Å². The highest BCUT2D eigenvalue weighted by molar-refractivity contribution is 7.92. The van der Waals surface area contributed by atoms with Gasteiger partial charge in [-0.15, -0.1) is 0 Å². The summed E-state index contributed by atoms with van der Waals surface area (Å²) in [4.78, 5) is 0. The molecule has 0 atom stereocenters. The number of sulfonamides is 1. The van der Waals surface area contributed by atoms with E-state index in [-0.39, 0.29) is 5.41 Å². The molecular weight excluding hydrogens is 222 g/mol. The second-order valence-electron chi connectivity index (χ2n) is 5.31. The molecule has 4 heteroatoms. The molecule has 0 spiro atoms. The first-order valence-electron chi connectivity index (χ1n) is 5.22. The van der Waals surface area contributed by atoms with Gasteiger partial charge >= 0.3 is 0 Å². The predicted octanol–water partition coefficient (Wildman–Crippen LogP) is 2.65. The third kappa shape index (κ3) is 5.16. The normalized spacial score (nSPS) is 12.5. The molecule has 1 rings (SSSR count). The lowest BCUT2D eigenvalue weighted by Gasteiger charge is -2.18. The Bertz CT molecular complexity index is 458. The number of anilines is 1. The molecule has 1 aromatic carbocycles. The molecule has 0 heterocycles. The SMILES string of the molecule is CC(C)(C)Cc1cccc(NS(C)(=O)=O)c1. The summed E-state index contributed by atoms with van der Waals surface area (Å²) in [5.41, 5.74) is 1.97. The molecule has 0 amide bonds. The number of benzene rings is 1. The zero-order chi connectivity index (χ0) is 12.4. The number of hydrogen-bond donors (Lipinski definition) is 1. The van der Waals surface area contributed by atoms with E-state index >= 15 is 0 Å². The summed E-state index contributed by atoms with van der Waals surface area (Å²) in [5.74, 6) is 0.